The number of hydrogen-bond acceptors (Lipinski definition) is 3. The summed E-state index contributed by atoms with van der Waals surface area (Å²) in [4.78, 5) is 14.0. The third kappa shape index (κ3) is 3.48. The van der Waals surface area contributed by atoms with Gasteiger partial charge in [-0.15, -0.1) is 0 Å². The molecule has 19 heavy (non-hydrogen) atoms. The van der Waals surface area contributed by atoms with Crippen molar-refractivity contribution in [3.63, 3.8) is 0 Å². The van der Waals surface area contributed by atoms with E-state index in [2.05, 4.69) is 21.2 Å². The zero-order valence-electron chi connectivity index (χ0n) is 11.3. The van der Waals surface area contributed by atoms with Gasteiger partial charge in [-0.25, -0.2) is 0 Å². The number of nitrogens with zero attached hydrogens (tertiary/aromatic N) is 1. The highest BCUT2D eigenvalue weighted by atomic mass is 79.9. The van der Waals surface area contributed by atoms with Gasteiger partial charge in [-0.3, -0.25) is 4.79 Å². The SMILES string of the molecule is COc1ccc(Br)cc1CN(C)C(=O)C1CCNC1. The quantitative estimate of drug-likeness (QED) is 0.920. The molecule has 1 unspecified atom stereocenters. The Labute approximate surface area is 122 Å². The second kappa shape index (κ2) is 6.39. The van der Waals surface area contributed by atoms with E-state index < -0.39 is 0 Å². The highest BCUT2D eigenvalue weighted by Crippen LogP contribution is 2.24. The van der Waals surface area contributed by atoms with E-state index in [0.29, 0.717) is 6.54 Å². The molecular formula is C14H19BrN2O2. The Morgan fingerprint density at radius 2 is 2.37 bits per heavy atom. The number of amides is 1. The molecule has 1 saturated heterocycles. The highest BCUT2D eigenvalue weighted by molar-refractivity contribution is 9.10. The van der Waals surface area contributed by atoms with E-state index in [1.54, 1.807) is 12.0 Å². The summed E-state index contributed by atoms with van der Waals surface area (Å²) in [6.45, 7) is 2.29. The second-order valence-electron chi connectivity index (χ2n) is 4.84. The molecule has 4 nitrogen and oxygen atoms in total. The maximum absolute atomic E-state index is 12.3. The number of methoxy groups -OCH3 is 1. The maximum Gasteiger partial charge on any atom is 0.227 e. The van der Waals surface area contributed by atoms with Crippen LogP contribution in [-0.2, 0) is 11.3 Å². The van der Waals surface area contributed by atoms with Crippen LogP contribution in [0.1, 0.15) is 12.0 Å². The first kappa shape index (κ1) is 14.3. The summed E-state index contributed by atoms with van der Waals surface area (Å²) in [6.07, 6.45) is 0.929. The molecular weight excluding hydrogens is 308 g/mol. The number of halogens is 1. The summed E-state index contributed by atoms with van der Waals surface area (Å²) in [6, 6.07) is 5.84. The van der Waals surface area contributed by atoms with Crippen LogP contribution in [-0.4, -0.2) is 38.1 Å². The van der Waals surface area contributed by atoms with E-state index in [9.17, 15) is 4.79 Å². The molecule has 0 aromatic heterocycles. The molecule has 1 heterocycles. The first-order valence-electron chi connectivity index (χ1n) is 6.40. The molecule has 0 spiro atoms. The van der Waals surface area contributed by atoms with Crippen LogP contribution in [0.15, 0.2) is 22.7 Å². The van der Waals surface area contributed by atoms with Gasteiger partial charge in [0.05, 0.1) is 13.0 Å². The molecule has 0 radical (unpaired) electrons. The van der Waals surface area contributed by atoms with Crippen LogP contribution in [0.25, 0.3) is 0 Å². The predicted molar refractivity (Wildman–Crippen MR) is 78.1 cm³/mol. The Kier molecular flexibility index (Phi) is 4.82. The molecule has 1 aliphatic heterocycles. The molecule has 1 atom stereocenters. The van der Waals surface area contributed by atoms with Gasteiger partial charge in [0.15, 0.2) is 0 Å². The van der Waals surface area contributed by atoms with Crippen molar-refractivity contribution in [1.82, 2.24) is 10.2 Å². The molecule has 2 rings (SSSR count). The van der Waals surface area contributed by atoms with Crippen molar-refractivity contribution < 1.29 is 9.53 Å². The number of ether oxygens (including phenoxy) is 1. The minimum absolute atomic E-state index is 0.114. The van der Waals surface area contributed by atoms with Crippen LogP contribution < -0.4 is 10.1 Å². The standard InChI is InChI=1S/C14H19BrN2O2/c1-17(14(18)10-5-6-16-8-10)9-11-7-12(15)3-4-13(11)19-2/h3-4,7,10,16H,5-6,8-9H2,1-2H3. The molecule has 0 bridgehead atoms. The zero-order chi connectivity index (χ0) is 13.8. The van der Waals surface area contributed by atoms with E-state index in [-0.39, 0.29) is 11.8 Å². The van der Waals surface area contributed by atoms with Gasteiger partial charge in [0.25, 0.3) is 0 Å². The smallest absolute Gasteiger partial charge is 0.227 e. The number of nitrogens with one attached hydrogen (secondary N) is 1. The van der Waals surface area contributed by atoms with Gasteiger partial charge in [-0.2, -0.15) is 0 Å². The minimum atomic E-state index is 0.114. The number of hydrogen-bond donors (Lipinski definition) is 1. The van der Waals surface area contributed by atoms with Gasteiger partial charge in [-0.1, -0.05) is 15.9 Å². The van der Waals surface area contributed by atoms with E-state index in [0.717, 1.165) is 35.3 Å². The fourth-order valence-corrected chi connectivity index (χ4v) is 2.79. The Bertz CT molecular complexity index is 459. The average Bonchev–Trinajstić information content (AvgIpc) is 2.92. The van der Waals surface area contributed by atoms with E-state index in [1.807, 2.05) is 25.2 Å². The molecule has 1 amide bonds. The van der Waals surface area contributed by atoms with E-state index >= 15 is 0 Å². The molecule has 1 aromatic rings. The second-order valence-corrected chi connectivity index (χ2v) is 5.76. The van der Waals surface area contributed by atoms with Crippen molar-refractivity contribution in [1.29, 1.82) is 0 Å². The van der Waals surface area contributed by atoms with Crippen LogP contribution in [0, 0.1) is 5.92 Å². The van der Waals surface area contributed by atoms with Gasteiger partial charge in [-0.05, 0) is 31.2 Å². The molecule has 1 N–H and O–H groups in total. The number of carbonyl (C=O) groups excluding carboxylic acids is 1. The summed E-state index contributed by atoms with van der Waals surface area (Å²) in [5.74, 6) is 1.13. The molecule has 1 aromatic carbocycles. The summed E-state index contributed by atoms with van der Waals surface area (Å²) in [5.41, 5.74) is 1.01. The number of rotatable bonds is 4. The van der Waals surface area contributed by atoms with Crippen LogP contribution in [0.2, 0.25) is 0 Å². The van der Waals surface area contributed by atoms with Crippen molar-refractivity contribution >= 4 is 21.8 Å². The van der Waals surface area contributed by atoms with Gasteiger partial charge >= 0.3 is 0 Å². The fourth-order valence-electron chi connectivity index (χ4n) is 2.38. The average molecular weight is 327 g/mol. The predicted octanol–water partition coefficient (Wildman–Crippen LogP) is 2.03. The van der Waals surface area contributed by atoms with Gasteiger partial charge in [0.1, 0.15) is 5.75 Å². The Morgan fingerprint density at radius 3 is 3.00 bits per heavy atom. The highest BCUT2D eigenvalue weighted by Gasteiger charge is 2.25. The Balaban J connectivity index is 2.07. The molecule has 1 aliphatic rings. The summed E-state index contributed by atoms with van der Waals surface area (Å²) < 4.78 is 6.33. The molecule has 104 valence electrons. The maximum atomic E-state index is 12.3. The van der Waals surface area contributed by atoms with Gasteiger partial charge in [0.2, 0.25) is 5.91 Å². The van der Waals surface area contributed by atoms with Crippen molar-refractivity contribution in [3.8, 4) is 5.75 Å². The molecule has 0 aliphatic carbocycles. The lowest BCUT2D eigenvalue weighted by Crippen LogP contribution is -2.33. The summed E-state index contributed by atoms with van der Waals surface area (Å²) >= 11 is 3.45. The zero-order valence-corrected chi connectivity index (χ0v) is 12.9. The van der Waals surface area contributed by atoms with Crippen molar-refractivity contribution in [2.45, 2.75) is 13.0 Å². The van der Waals surface area contributed by atoms with Crippen LogP contribution in [0.5, 0.6) is 5.75 Å². The number of benzene rings is 1. The van der Waals surface area contributed by atoms with Crippen LogP contribution in [0.4, 0.5) is 0 Å². The lowest BCUT2D eigenvalue weighted by atomic mass is 10.1. The fraction of sp³-hybridized carbons (Fsp3) is 0.500. The molecule has 5 heteroatoms. The van der Waals surface area contributed by atoms with E-state index in [4.69, 9.17) is 4.74 Å². The van der Waals surface area contributed by atoms with Gasteiger partial charge < -0.3 is 15.0 Å². The monoisotopic (exact) mass is 326 g/mol. The van der Waals surface area contributed by atoms with Crippen molar-refractivity contribution in [3.05, 3.63) is 28.2 Å². The van der Waals surface area contributed by atoms with Gasteiger partial charge in [0, 0.05) is 30.2 Å². The summed E-state index contributed by atoms with van der Waals surface area (Å²) in [5, 5.41) is 3.22. The lowest BCUT2D eigenvalue weighted by Gasteiger charge is -2.22. The molecule has 1 fully saturated rings. The van der Waals surface area contributed by atoms with Crippen molar-refractivity contribution in [2.24, 2.45) is 5.92 Å². The number of carbonyl (C=O) groups is 1. The third-order valence-corrected chi connectivity index (χ3v) is 3.93. The van der Waals surface area contributed by atoms with Crippen LogP contribution >= 0.6 is 15.9 Å². The third-order valence-electron chi connectivity index (χ3n) is 3.44. The Morgan fingerprint density at radius 1 is 1.58 bits per heavy atom. The normalized spacial score (nSPS) is 18.4. The Hall–Kier alpha value is -1.07. The minimum Gasteiger partial charge on any atom is -0.496 e. The first-order chi connectivity index (χ1) is 9.11. The van der Waals surface area contributed by atoms with Crippen LogP contribution in [0.3, 0.4) is 0 Å². The van der Waals surface area contributed by atoms with Crippen molar-refractivity contribution in [2.75, 3.05) is 27.2 Å². The lowest BCUT2D eigenvalue weighted by molar-refractivity contribution is -0.134. The van der Waals surface area contributed by atoms with E-state index in [1.165, 1.54) is 0 Å². The first-order valence-corrected chi connectivity index (χ1v) is 7.19. The molecule has 0 saturated carbocycles. The largest absolute Gasteiger partial charge is 0.496 e. The topological polar surface area (TPSA) is 41.6 Å². The summed E-state index contributed by atoms with van der Waals surface area (Å²) in [7, 11) is 3.50.